The van der Waals surface area contributed by atoms with Crippen LogP contribution in [0.5, 0.6) is 5.75 Å². The number of amides is 2. The largest absolute Gasteiger partial charge is 0.495 e. The van der Waals surface area contributed by atoms with E-state index < -0.39 is 0 Å². The topological polar surface area (TPSA) is 89.4 Å². The summed E-state index contributed by atoms with van der Waals surface area (Å²) in [4.78, 5) is 36.1. The molecule has 0 aliphatic carbocycles. The monoisotopic (exact) mass is 397 g/mol. The Labute approximate surface area is 165 Å². The summed E-state index contributed by atoms with van der Waals surface area (Å²) in [5.74, 6) is -0.0312. The molecule has 1 aromatic heterocycles. The molecule has 0 aliphatic heterocycles. The van der Waals surface area contributed by atoms with Crippen molar-refractivity contribution in [1.82, 2.24) is 4.57 Å². The quantitative estimate of drug-likeness (QED) is 0.669. The molecule has 7 nitrogen and oxygen atoms in total. The number of nitrogens with one attached hydrogen (secondary N) is 2. The van der Waals surface area contributed by atoms with Gasteiger partial charge < -0.3 is 15.4 Å². The van der Waals surface area contributed by atoms with E-state index in [1.807, 2.05) is 6.07 Å². The Morgan fingerprint density at radius 1 is 1.07 bits per heavy atom. The third kappa shape index (κ3) is 4.47. The van der Waals surface area contributed by atoms with Crippen molar-refractivity contribution >= 4 is 34.5 Å². The average molecular weight is 397 g/mol. The summed E-state index contributed by atoms with van der Waals surface area (Å²) in [6.07, 6.45) is 0. The maximum Gasteiger partial charge on any atom is 0.307 e. The number of benzene rings is 2. The van der Waals surface area contributed by atoms with Crippen molar-refractivity contribution in [2.75, 3.05) is 17.7 Å². The third-order valence-corrected chi connectivity index (χ3v) is 4.95. The van der Waals surface area contributed by atoms with Crippen LogP contribution in [0.4, 0.5) is 11.4 Å². The summed E-state index contributed by atoms with van der Waals surface area (Å²) < 4.78 is 6.63. The summed E-state index contributed by atoms with van der Waals surface area (Å²) in [6, 6.07) is 13.6. The Balaban J connectivity index is 1.63. The molecule has 0 unspecified atom stereocenters. The van der Waals surface area contributed by atoms with Crippen LogP contribution in [0.2, 0.25) is 0 Å². The number of aromatic nitrogens is 1. The van der Waals surface area contributed by atoms with Crippen LogP contribution in [0.1, 0.15) is 16.1 Å². The zero-order chi connectivity index (χ0) is 20.1. The van der Waals surface area contributed by atoms with Crippen molar-refractivity contribution in [3.05, 3.63) is 74.8 Å². The number of nitrogens with zero attached hydrogens (tertiary/aromatic N) is 1. The van der Waals surface area contributed by atoms with Gasteiger partial charge >= 0.3 is 4.87 Å². The number of anilines is 2. The molecule has 8 heteroatoms. The first-order valence-electron chi connectivity index (χ1n) is 8.47. The molecule has 3 aromatic rings. The number of aryl methyl sites for hydroxylation is 1. The first-order valence-corrected chi connectivity index (χ1v) is 9.35. The van der Waals surface area contributed by atoms with Crippen molar-refractivity contribution in [3.8, 4) is 5.75 Å². The minimum absolute atomic E-state index is 0.0514. The summed E-state index contributed by atoms with van der Waals surface area (Å²) >= 11 is 1.06. The zero-order valence-corrected chi connectivity index (χ0v) is 16.2. The molecule has 2 aromatic carbocycles. The Kier molecular flexibility index (Phi) is 5.90. The molecule has 144 valence electrons. The minimum atomic E-state index is -0.310. The second-order valence-electron chi connectivity index (χ2n) is 6.01. The normalized spacial score (nSPS) is 10.4. The van der Waals surface area contributed by atoms with Gasteiger partial charge in [-0.1, -0.05) is 23.5 Å². The molecule has 0 fully saturated rings. The summed E-state index contributed by atoms with van der Waals surface area (Å²) in [6.45, 7) is 1.73. The van der Waals surface area contributed by atoms with E-state index in [9.17, 15) is 14.4 Å². The number of methoxy groups -OCH3 is 1. The minimum Gasteiger partial charge on any atom is -0.495 e. The van der Waals surface area contributed by atoms with Crippen molar-refractivity contribution in [2.45, 2.75) is 13.5 Å². The van der Waals surface area contributed by atoms with Gasteiger partial charge in [-0.15, -0.1) is 0 Å². The Hall–Kier alpha value is -3.39. The van der Waals surface area contributed by atoms with Crippen LogP contribution in [-0.4, -0.2) is 23.5 Å². The number of carbonyl (C=O) groups excluding carboxylic acids is 2. The van der Waals surface area contributed by atoms with E-state index in [1.165, 1.54) is 11.7 Å². The van der Waals surface area contributed by atoms with Crippen molar-refractivity contribution < 1.29 is 14.3 Å². The molecule has 0 radical (unpaired) electrons. The molecule has 0 atom stereocenters. The van der Waals surface area contributed by atoms with Crippen LogP contribution < -0.4 is 20.2 Å². The van der Waals surface area contributed by atoms with E-state index in [0.29, 0.717) is 22.7 Å². The lowest BCUT2D eigenvalue weighted by Gasteiger charge is -2.10. The van der Waals surface area contributed by atoms with E-state index in [-0.39, 0.29) is 23.2 Å². The number of hydrogen-bond donors (Lipinski definition) is 2. The van der Waals surface area contributed by atoms with Crippen LogP contribution in [0.3, 0.4) is 0 Å². The fraction of sp³-hybridized carbons (Fsp3) is 0.150. The molecule has 0 saturated heterocycles. The van der Waals surface area contributed by atoms with Crippen LogP contribution in [-0.2, 0) is 11.3 Å². The van der Waals surface area contributed by atoms with E-state index in [2.05, 4.69) is 10.6 Å². The van der Waals surface area contributed by atoms with Crippen LogP contribution in [0.25, 0.3) is 0 Å². The smallest absolute Gasteiger partial charge is 0.307 e. The lowest BCUT2D eigenvalue weighted by atomic mass is 10.2. The first kappa shape index (κ1) is 19.4. The maximum absolute atomic E-state index is 12.4. The third-order valence-electron chi connectivity index (χ3n) is 4.06. The lowest BCUT2D eigenvalue weighted by molar-refractivity contribution is -0.116. The Bertz CT molecular complexity index is 1050. The predicted molar refractivity (Wildman–Crippen MR) is 109 cm³/mol. The van der Waals surface area contributed by atoms with E-state index in [1.54, 1.807) is 54.8 Å². The molecule has 28 heavy (non-hydrogen) atoms. The van der Waals surface area contributed by atoms with Gasteiger partial charge in [-0.25, -0.2) is 0 Å². The maximum atomic E-state index is 12.4. The standard InChI is InChI=1S/C20H19N3O4S/c1-13-12-28-20(26)23(13)11-18(24)21-15-9-7-14(8-10-15)19(25)22-16-5-3-4-6-17(16)27-2/h3-10,12H,11H2,1-2H3,(H,21,24)(H,22,25). The Morgan fingerprint density at radius 3 is 2.43 bits per heavy atom. The summed E-state index contributed by atoms with van der Waals surface area (Å²) in [5, 5.41) is 7.23. The van der Waals surface area contributed by atoms with Crippen molar-refractivity contribution in [1.29, 1.82) is 0 Å². The van der Waals surface area contributed by atoms with Gasteiger partial charge in [0.2, 0.25) is 5.91 Å². The highest BCUT2D eigenvalue weighted by molar-refractivity contribution is 7.07. The fourth-order valence-electron chi connectivity index (χ4n) is 2.59. The second kappa shape index (κ2) is 8.53. The van der Waals surface area contributed by atoms with Gasteiger partial charge in [0.05, 0.1) is 12.8 Å². The molecular weight excluding hydrogens is 378 g/mol. The average Bonchev–Trinajstić information content (AvgIpc) is 3.01. The van der Waals surface area contributed by atoms with Gasteiger partial charge in [0.1, 0.15) is 12.3 Å². The highest BCUT2D eigenvalue weighted by Gasteiger charge is 2.11. The lowest BCUT2D eigenvalue weighted by Crippen LogP contribution is -2.25. The highest BCUT2D eigenvalue weighted by Crippen LogP contribution is 2.23. The van der Waals surface area contributed by atoms with Gasteiger partial charge in [-0.2, -0.15) is 0 Å². The SMILES string of the molecule is COc1ccccc1NC(=O)c1ccc(NC(=O)Cn2c(C)csc2=O)cc1. The number of carbonyl (C=O) groups is 2. The number of thiazole rings is 1. The van der Waals surface area contributed by atoms with Crippen molar-refractivity contribution in [2.24, 2.45) is 0 Å². The number of ether oxygens (including phenoxy) is 1. The highest BCUT2D eigenvalue weighted by atomic mass is 32.1. The number of hydrogen-bond acceptors (Lipinski definition) is 5. The molecule has 0 aliphatic rings. The number of rotatable bonds is 6. The van der Waals surface area contributed by atoms with Gasteiger partial charge in [-0.3, -0.25) is 19.0 Å². The molecule has 2 amide bonds. The summed E-state index contributed by atoms with van der Waals surface area (Å²) in [7, 11) is 1.54. The van der Waals surface area contributed by atoms with Crippen LogP contribution in [0, 0.1) is 6.92 Å². The van der Waals surface area contributed by atoms with Gasteiger partial charge in [0.15, 0.2) is 0 Å². The molecule has 1 heterocycles. The van der Waals surface area contributed by atoms with Crippen LogP contribution in [0.15, 0.2) is 58.7 Å². The predicted octanol–water partition coefficient (Wildman–Crippen LogP) is 3.12. The van der Waals surface area contributed by atoms with E-state index in [4.69, 9.17) is 4.74 Å². The van der Waals surface area contributed by atoms with Gasteiger partial charge in [-0.05, 0) is 43.3 Å². The molecule has 0 spiro atoms. The zero-order valence-electron chi connectivity index (χ0n) is 15.4. The van der Waals surface area contributed by atoms with E-state index >= 15 is 0 Å². The van der Waals surface area contributed by atoms with Gasteiger partial charge in [0.25, 0.3) is 5.91 Å². The molecule has 0 saturated carbocycles. The summed E-state index contributed by atoms with van der Waals surface area (Å²) in [5.41, 5.74) is 2.30. The second-order valence-corrected chi connectivity index (χ2v) is 6.83. The van der Waals surface area contributed by atoms with E-state index in [0.717, 1.165) is 17.0 Å². The number of para-hydroxylation sites is 2. The van der Waals surface area contributed by atoms with Crippen LogP contribution >= 0.6 is 11.3 Å². The molecule has 0 bridgehead atoms. The molecule has 3 rings (SSSR count). The first-order chi connectivity index (χ1) is 13.5. The fourth-order valence-corrected chi connectivity index (χ4v) is 3.32. The molecular formula is C20H19N3O4S. The Morgan fingerprint density at radius 2 is 1.79 bits per heavy atom. The van der Waals surface area contributed by atoms with Crippen molar-refractivity contribution in [3.63, 3.8) is 0 Å². The molecule has 2 N–H and O–H groups in total. The van der Waals surface area contributed by atoms with Gasteiger partial charge in [0, 0.05) is 22.3 Å².